The number of rotatable bonds is 6. The summed E-state index contributed by atoms with van der Waals surface area (Å²) in [4.78, 5) is 17.7. The number of fused-ring (bicyclic) bond motifs is 1. The number of hydrogen-bond acceptors (Lipinski definition) is 2. The monoisotopic (exact) mass is 459 g/mol. The van der Waals surface area contributed by atoms with Crippen LogP contribution in [0.25, 0.3) is 11.0 Å². The zero-order valence-corrected chi connectivity index (χ0v) is 20.6. The summed E-state index contributed by atoms with van der Waals surface area (Å²) in [6.45, 7) is 11.4. The van der Waals surface area contributed by atoms with Gasteiger partial charge in [0.15, 0.2) is 0 Å². The number of halogens is 1. The van der Waals surface area contributed by atoms with Gasteiger partial charge in [-0.15, -0.1) is 0 Å². The molecule has 4 aromatic rings. The van der Waals surface area contributed by atoms with E-state index in [2.05, 4.69) is 49.7 Å². The van der Waals surface area contributed by atoms with Crippen LogP contribution < -0.4 is 5.32 Å². The molecule has 1 heterocycles. The first-order chi connectivity index (χ1) is 15.7. The van der Waals surface area contributed by atoms with Gasteiger partial charge in [0.1, 0.15) is 5.82 Å². The minimum absolute atomic E-state index is 0.0396. The van der Waals surface area contributed by atoms with Gasteiger partial charge in [-0.2, -0.15) is 0 Å². The van der Waals surface area contributed by atoms with E-state index in [0.717, 1.165) is 22.4 Å². The molecule has 0 saturated heterocycles. The second-order valence-corrected chi connectivity index (χ2v) is 9.31. The molecule has 0 bridgehead atoms. The van der Waals surface area contributed by atoms with Crippen molar-refractivity contribution in [2.75, 3.05) is 0 Å². The van der Waals surface area contributed by atoms with Crippen molar-refractivity contribution in [1.29, 1.82) is 0 Å². The summed E-state index contributed by atoms with van der Waals surface area (Å²) in [5, 5.41) is 3.81. The molecule has 0 aliphatic heterocycles. The Morgan fingerprint density at radius 2 is 1.64 bits per heavy atom. The zero-order valence-electron chi connectivity index (χ0n) is 19.9. The standard InChI is InChI=1S/C28H30ClN3O/c1-17-14-18(2)20(4)24(19(17)3)16-32-26-9-7-6-8-25(26)31-28(32)21(5)30-27(33)15-22-10-12-23(29)13-11-22/h6-14,21H,15-16H2,1-5H3,(H,30,33). The number of aryl methyl sites for hydroxylation is 2. The fraction of sp³-hybridized carbons (Fsp3) is 0.286. The lowest BCUT2D eigenvalue weighted by molar-refractivity contribution is -0.121. The van der Waals surface area contributed by atoms with E-state index in [9.17, 15) is 4.79 Å². The quantitative estimate of drug-likeness (QED) is 0.363. The van der Waals surface area contributed by atoms with Crippen molar-refractivity contribution in [3.63, 3.8) is 0 Å². The number of nitrogens with zero attached hydrogens (tertiary/aromatic N) is 2. The largest absolute Gasteiger partial charge is 0.346 e. The molecular formula is C28H30ClN3O. The first-order valence-corrected chi connectivity index (χ1v) is 11.7. The highest BCUT2D eigenvalue weighted by molar-refractivity contribution is 6.30. The number of carbonyl (C=O) groups is 1. The van der Waals surface area contributed by atoms with Crippen molar-refractivity contribution >= 4 is 28.5 Å². The normalized spacial score (nSPS) is 12.2. The minimum Gasteiger partial charge on any atom is -0.346 e. The van der Waals surface area contributed by atoms with Crippen LogP contribution in [0.2, 0.25) is 5.02 Å². The van der Waals surface area contributed by atoms with Crippen molar-refractivity contribution in [3.05, 3.63) is 98.8 Å². The van der Waals surface area contributed by atoms with Gasteiger partial charge >= 0.3 is 0 Å². The van der Waals surface area contributed by atoms with Gasteiger partial charge < -0.3 is 9.88 Å². The zero-order chi connectivity index (χ0) is 23.7. The second kappa shape index (κ2) is 9.40. The first kappa shape index (κ1) is 23.1. The molecule has 1 amide bonds. The minimum atomic E-state index is -0.233. The van der Waals surface area contributed by atoms with Crippen LogP contribution in [-0.4, -0.2) is 15.5 Å². The number of nitrogens with one attached hydrogen (secondary N) is 1. The molecular weight excluding hydrogens is 430 g/mol. The maximum absolute atomic E-state index is 12.8. The van der Waals surface area contributed by atoms with Gasteiger partial charge in [0, 0.05) is 11.6 Å². The Morgan fingerprint density at radius 1 is 1.00 bits per heavy atom. The molecule has 1 unspecified atom stereocenters. The summed E-state index contributed by atoms with van der Waals surface area (Å²) >= 11 is 5.97. The fourth-order valence-corrected chi connectivity index (χ4v) is 4.56. The fourth-order valence-electron chi connectivity index (χ4n) is 4.43. The number of aromatic nitrogens is 2. The van der Waals surface area contributed by atoms with Gasteiger partial charge in [-0.25, -0.2) is 4.98 Å². The van der Waals surface area contributed by atoms with Crippen LogP contribution in [0.1, 0.15) is 52.2 Å². The Hall–Kier alpha value is -3.11. The number of imidazole rings is 1. The van der Waals surface area contributed by atoms with Gasteiger partial charge in [-0.1, -0.05) is 41.9 Å². The van der Waals surface area contributed by atoms with E-state index < -0.39 is 0 Å². The van der Waals surface area contributed by atoms with Gasteiger partial charge in [-0.05, 0) is 92.3 Å². The molecule has 1 N–H and O–H groups in total. The SMILES string of the molecule is Cc1cc(C)c(C)c(Cn2c(C(C)NC(=O)Cc3ccc(Cl)cc3)nc3ccccc32)c1C. The number of carbonyl (C=O) groups excluding carboxylic acids is 1. The number of hydrogen-bond donors (Lipinski definition) is 1. The van der Waals surface area contributed by atoms with E-state index in [1.54, 1.807) is 0 Å². The van der Waals surface area contributed by atoms with E-state index in [1.807, 2.05) is 49.4 Å². The van der Waals surface area contributed by atoms with Crippen molar-refractivity contribution in [3.8, 4) is 0 Å². The van der Waals surface area contributed by atoms with Crippen LogP contribution in [0.5, 0.6) is 0 Å². The predicted octanol–water partition coefficient (Wildman–Crippen LogP) is 6.39. The highest BCUT2D eigenvalue weighted by Gasteiger charge is 2.20. The summed E-state index contributed by atoms with van der Waals surface area (Å²) < 4.78 is 2.25. The van der Waals surface area contributed by atoms with Gasteiger partial charge in [0.2, 0.25) is 5.91 Å². The van der Waals surface area contributed by atoms with E-state index in [-0.39, 0.29) is 11.9 Å². The average molecular weight is 460 g/mol. The maximum Gasteiger partial charge on any atom is 0.224 e. The number of para-hydroxylation sites is 2. The molecule has 1 atom stereocenters. The molecule has 1 aromatic heterocycles. The van der Waals surface area contributed by atoms with Crippen LogP contribution in [0, 0.1) is 27.7 Å². The van der Waals surface area contributed by atoms with Crippen molar-refractivity contribution in [2.45, 2.75) is 53.6 Å². The molecule has 4 nitrogen and oxygen atoms in total. The summed E-state index contributed by atoms with van der Waals surface area (Å²) in [5.41, 5.74) is 9.46. The molecule has 0 aliphatic carbocycles. The maximum atomic E-state index is 12.8. The lowest BCUT2D eigenvalue weighted by atomic mass is 9.94. The Morgan fingerprint density at radius 3 is 2.30 bits per heavy atom. The third-order valence-electron chi connectivity index (χ3n) is 6.56. The van der Waals surface area contributed by atoms with Gasteiger partial charge in [0.25, 0.3) is 0 Å². The summed E-state index contributed by atoms with van der Waals surface area (Å²) in [7, 11) is 0. The molecule has 4 rings (SSSR count). The third-order valence-corrected chi connectivity index (χ3v) is 6.82. The molecule has 170 valence electrons. The van der Waals surface area contributed by atoms with E-state index in [0.29, 0.717) is 18.0 Å². The summed E-state index contributed by atoms with van der Waals surface area (Å²) in [5.74, 6) is 0.820. The molecule has 3 aromatic carbocycles. The Balaban J connectivity index is 1.67. The van der Waals surface area contributed by atoms with Crippen LogP contribution in [0.15, 0.2) is 54.6 Å². The topological polar surface area (TPSA) is 46.9 Å². The molecule has 5 heteroatoms. The Kier molecular flexibility index (Phi) is 6.57. The number of amides is 1. The molecule has 0 saturated carbocycles. The van der Waals surface area contributed by atoms with Crippen LogP contribution in [0.3, 0.4) is 0 Å². The Labute approximate surface area is 200 Å². The van der Waals surface area contributed by atoms with E-state index in [4.69, 9.17) is 16.6 Å². The Bertz CT molecular complexity index is 1300. The lowest BCUT2D eigenvalue weighted by Crippen LogP contribution is -2.30. The highest BCUT2D eigenvalue weighted by atomic mass is 35.5. The molecule has 0 spiro atoms. The third kappa shape index (κ3) is 4.81. The van der Waals surface area contributed by atoms with E-state index in [1.165, 1.54) is 27.8 Å². The first-order valence-electron chi connectivity index (χ1n) is 11.3. The number of benzene rings is 3. The molecule has 0 aliphatic rings. The van der Waals surface area contributed by atoms with Crippen molar-refractivity contribution in [2.24, 2.45) is 0 Å². The van der Waals surface area contributed by atoms with Crippen LogP contribution in [-0.2, 0) is 17.8 Å². The highest BCUT2D eigenvalue weighted by Crippen LogP contribution is 2.27. The average Bonchev–Trinajstić information content (AvgIpc) is 3.15. The molecule has 0 fully saturated rings. The van der Waals surface area contributed by atoms with Gasteiger partial charge in [0.05, 0.1) is 23.5 Å². The summed E-state index contributed by atoms with van der Waals surface area (Å²) in [6, 6.07) is 17.6. The van der Waals surface area contributed by atoms with Crippen LogP contribution in [0.4, 0.5) is 0 Å². The van der Waals surface area contributed by atoms with Gasteiger partial charge in [-0.3, -0.25) is 4.79 Å². The van der Waals surface area contributed by atoms with Crippen molar-refractivity contribution in [1.82, 2.24) is 14.9 Å². The molecule has 33 heavy (non-hydrogen) atoms. The predicted molar refractivity (Wildman–Crippen MR) is 136 cm³/mol. The second-order valence-electron chi connectivity index (χ2n) is 8.88. The van der Waals surface area contributed by atoms with Crippen LogP contribution >= 0.6 is 11.6 Å². The lowest BCUT2D eigenvalue weighted by Gasteiger charge is -2.20. The molecule has 0 radical (unpaired) electrons. The van der Waals surface area contributed by atoms with Crippen molar-refractivity contribution < 1.29 is 4.79 Å². The smallest absolute Gasteiger partial charge is 0.224 e. The van der Waals surface area contributed by atoms with E-state index >= 15 is 0 Å². The summed E-state index contributed by atoms with van der Waals surface area (Å²) in [6.07, 6.45) is 0.303.